The first-order chi connectivity index (χ1) is 9.87. The zero-order valence-electron chi connectivity index (χ0n) is 11.9. The third-order valence-corrected chi connectivity index (χ3v) is 3.50. The lowest BCUT2D eigenvalue weighted by molar-refractivity contribution is -0.141. The van der Waals surface area contributed by atoms with Crippen molar-refractivity contribution in [2.24, 2.45) is 0 Å². The van der Waals surface area contributed by atoms with Crippen molar-refractivity contribution >= 4 is 12.0 Å². The lowest BCUT2D eigenvalue weighted by Crippen LogP contribution is -2.46. The second kappa shape index (κ2) is 6.13. The Morgan fingerprint density at radius 2 is 2.00 bits per heavy atom. The van der Waals surface area contributed by atoms with Gasteiger partial charge < -0.3 is 20.8 Å². The molecule has 21 heavy (non-hydrogen) atoms. The summed E-state index contributed by atoms with van der Waals surface area (Å²) in [6.07, 6.45) is 0.478. The number of carboxylic acid groups (broad SMARTS) is 1. The molecule has 0 spiro atoms. The third kappa shape index (κ3) is 4.75. The fourth-order valence-electron chi connectivity index (χ4n) is 2.30. The van der Waals surface area contributed by atoms with E-state index in [-0.39, 0.29) is 18.6 Å². The molecule has 3 unspecified atom stereocenters. The molecule has 1 aliphatic rings. The molecule has 0 saturated heterocycles. The van der Waals surface area contributed by atoms with Crippen molar-refractivity contribution in [3.8, 4) is 0 Å². The molecular formula is C15H20N2O4. The zero-order chi connectivity index (χ0) is 15.5. The maximum absolute atomic E-state index is 11.7. The average molecular weight is 292 g/mol. The van der Waals surface area contributed by atoms with Crippen LogP contribution in [0.2, 0.25) is 0 Å². The van der Waals surface area contributed by atoms with Crippen LogP contribution in [-0.2, 0) is 4.79 Å². The van der Waals surface area contributed by atoms with Crippen molar-refractivity contribution in [3.05, 3.63) is 35.9 Å². The number of carbonyl (C=O) groups excluding carboxylic acids is 1. The zero-order valence-corrected chi connectivity index (χ0v) is 11.9. The minimum absolute atomic E-state index is 0.0943. The maximum Gasteiger partial charge on any atom is 0.315 e. The highest BCUT2D eigenvalue weighted by atomic mass is 16.4. The van der Waals surface area contributed by atoms with Crippen LogP contribution in [0.15, 0.2) is 30.3 Å². The maximum atomic E-state index is 11.7. The quantitative estimate of drug-likeness (QED) is 0.630. The Bertz CT molecular complexity index is 516. The second-order valence-corrected chi connectivity index (χ2v) is 5.75. The summed E-state index contributed by atoms with van der Waals surface area (Å²) < 4.78 is 0. The van der Waals surface area contributed by atoms with Crippen LogP contribution in [0.25, 0.3) is 0 Å². The molecule has 1 aromatic rings. The van der Waals surface area contributed by atoms with Gasteiger partial charge in [-0.15, -0.1) is 0 Å². The van der Waals surface area contributed by atoms with Gasteiger partial charge in [0.15, 0.2) is 0 Å². The summed E-state index contributed by atoms with van der Waals surface area (Å²) in [5.41, 5.74) is -0.258. The molecule has 2 amide bonds. The predicted octanol–water partition coefficient (Wildman–Crippen LogP) is 1.07. The molecule has 0 aliphatic heterocycles. The first kappa shape index (κ1) is 15.3. The van der Waals surface area contributed by atoms with Crippen LogP contribution < -0.4 is 10.6 Å². The number of rotatable bonds is 6. The molecule has 0 bridgehead atoms. The van der Waals surface area contributed by atoms with Crippen molar-refractivity contribution in [2.75, 3.05) is 6.54 Å². The largest absolute Gasteiger partial charge is 0.481 e. The Morgan fingerprint density at radius 3 is 2.62 bits per heavy atom. The van der Waals surface area contributed by atoms with Gasteiger partial charge in [0.2, 0.25) is 0 Å². The number of hydrogen-bond donors (Lipinski definition) is 4. The minimum Gasteiger partial charge on any atom is -0.481 e. The van der Waals surface area contributed by atoms with Crippen LogP contribution in [0.1, 0.15) is 31.2 Å². The molecule has 4 N–H and O–H groups in total. The molecule has 2 rings (SSSR count). The summed E-state index contributed by atoms with van der Waals surface area (Å²) >= 11 is 0. The van der Waals surface area contributed by atoms with E-state index in [1.54, 1.807) is 0 Å². The number of aliphatic carboxylic acids is 1. The molecule has 1 saturated carbocycles. The number of carbonyl (C=O) groups is 2. The van der Waals surface area contributed by atoms with Crippen molar-refractivity contribution in [2.45, 2.75) is 37.3 Å². The Labute approximate surface area is 123 Å². The van der Waals surface area contributed by atoms with E-state index in [1.165, 1.54) is 12.5 Å². The molecule has 6 nitrogen and oxygen atoms in total. The normalized spacial score (nSPS) is 23.0. The van der Waals surface area contributed by atoms with E-state index in [2.05, 4.69) is 10.6 Å². The molecule has 1 aliphatic carbocycles. The first-order valence-electron chi connectivity index (χ1n) is 6.91. The smallest absolute Gasteiger partial charge is 0.315 e. The highest BCUT2D eigenvalue weighted by Crippen LogP contribution is 2.40. The van der Waals surface area contributed by atoms with Crippen molar-refractivity contribution in [1.29, 1.82) is 0 Å². The lowest BCUT2D eigenvalue weighted by Gasteiger charge is -2.21. The van der Waals surface area contributed by atoms with E-state index in [4.69, 9.17) is 5.11 Å². The molecular weight excluding hydrogens is 272 g/mol. The number of hydrogen-bond acceptors (Lipinski definition) is 3. The molecule has 0 radical (unpaired) electrons. The van der Waals surface area contributed by atoms with Crippen molar-refractivity contribution in [3.63, 3.8) is 0 Å². The van der Waals surface area contributed by atoms with Gasteiger partial charge in [-0.25, -0.2) is 4.79 Å². The fraction of sp³-hybridized carbons (Fsp3) is 0.467. The van der Waals surface area contributed by atoms with Gasteiger partial charge in [-0.3, -0.25) is 4.79 Å². The number of amides is 2. The average Bonchev–Trinajstić information content (AvgIpc) is 3.15. The van der Waals surface area contributed by atoms with E-state index in [0.29, 0.717) is 5.92 Å². The third-order valence-electron chi connectivity index (χ3n) is 3.50. The van der Waals surface area contributed by atoms with E-state index >= 15 is 0 Å². The van der Waals surface area contributed by atoms with Gasteiger partial charge in [-0.05, 0) is 18.9 Å². The van der Waals surface area contributed by atoms with Gasteiger partial charge in [0.05, 0.1) is 12.0 Å². The minimum atomic E-state index is -1.45. The fourth-order valence-corrected chi connectivity index (χ4v) is 2.30. The highest BCUT2D eigenvalue weighted by Gasteiger charge is 2.39. The summed E-state index contributed by atoms with van der Waals surface area (Å²) in [6, 6.07) is 9.65. The number of benzene rings is 1. The van der Waals surface area contributed by atoms with Gasteiger partial charge in [0.1, 0.15) is 0 Å². The van der Waals surface area contributed by atoms with Crippen LogP contribution in [0.3, 0.4) is 0 Å². The topological polar surface area (TPSA) is 98.7 Å². The van der Waals surface area contributed by atoms with Gasteiger partial charge in [0, 0.05) is 18.5 Å². The molecule has 1 fully saturated rings. The van der Waals surface area contributed by atoms with E-state index in [1.807, 2.05) is 30.3 Å². The first-order valence-corrected chi connectivity index (χ1v) is 6.91. The van der Waals surface area contributed by atoms with Gasteiger partial charge in [-0.2, -0.15) is 0 Å². The molecule has 0 aromatic heterocycles. The van der Waals surface area contributed by atoms with E-state index < -0.39 is 18.0 Å². The van der Waals surface area contributed by atoms with Gasteiger partial charge in [-0.1, -0.05) is 30.3 Å². The van der Waals surface area contributed by atoms with Crippen LogP contribution in [0.4, 0.5) is 4.79 Å². The SMILES string of the molecule is CC(O)(CNC(=O)NC1CC1c1ccccc1)CC(=O)O. The number of nitrogens with one attached hydrogen (secondary N) is 2. The van der Waals surface area contributed by atoms with Crippen molar-refractivity contribution < 1.29 is 19.8 Å². The van der Waals surface area contributed by atoms with Crippen molar-refractivity contribution in [1.82, 2.24) is 10.6 Å². The molecule has 1 aromatic carbocycles. The Kier molecular flexibility index (Phi) is 4.47. The number of aliphatic hydroxyl groups is 1. The van der Waals surface area contributed by atoms with Crippen LogP contribution >= 0.6 is 0 Å². The summed E-state index contributed by atoms with van der Waals surface area (Å²) in [4.78, 5) is 22.3. The van der Waals surface area contributed by atoms with Gasteiger partial charge >= 0.3 is 12.0 Å². The number of carboxylic acids is 1. The Balaban J connectivity index is 1.73. The summed E-state index contributed by atoms with van der Waals surface area (Å²) in [7, 11) is 0. The van der Waals surface area contributed by atoms with Gasteiger partial charge in [0.25, 0.3) is 0 Å². The van der Waals surface area contributed by atoms with Crippen LogP contribution in [0.5, 0.6) is 0 Å². The van der Waals surface area contributed by atoms with E-state index in [9.17, 15) is 14.7 Å². The molecule has 0 heterocycles. The molecule has 6 heteroatoms. The monoisotopic (exact) mass is 292 g/mol. The highest BCUT2D eigenvalue weighted by molar-refractivity contribution is 5.75. The molecule has 3 atom stereocenters. The van der Waals surface area contributed by atoms with Crippen LogP contribution in [-0.4, -0.2) is 40.4 Å². The summed E-state index contributed by atoms with van der Waals surface area (Å²) in [5, 5.41) is 23.8. The molecule has 114 valence electrons. The standard InChI is InChI=1S/C15H20N2O4/c1-15(21,8-13(18)19)9-16-14(20)17-12-7-11(12)10-5-3-2-4-6-10/h2-6,11-12,21H,7-9H2,1H3,(H,18,19)(H2,16,17,20). The van der Waals surface area contributed by atoms with Crippen LogP contribution in [0, 0.1) is 0 Å². The summed E-state index contributed by atoms with van der Waals surface area (Å²) in [6.45, 7) is 1.28. The van der Waals surface area contributed by atoms with E-state index in [0.717, 1.165) is 6.42 Å². The Morgan fingerprint density at radius 1 is 1.33 bits per heavy atom. The lowest BCUT2D eigenvalue weighted by atomic mass is 10.0. The summed E-state index contributed by atoms with van der Waals surface area (Å²) in [5.74, 6) is -0.773. The number of urea groups is 1. The Hall–Kier alpha value is -2.08. The second-order valence-electron chi connectivity index (χ2n) is 5.75. The predicted molar refractivity (Wildman–Crippen MR) is 77.0 cm³/mol.